The van der Waals surface area contributed by atoms with Gasteiger partial charge in [-0.05, 0) is 12.1 Å². The monoisotopic (exact) mass is 202 g/mol. The van der Waals surface area contributed by atoms with E-state index in [1.807, 2.05) is 0 Å². The summed E-state index contributed by atoms with van der Waals surface area (Å²) < 4.78 is 13.5. The van der Waals surface area contributed by atoms with Gasteiger partial charge in [-0.3, -0.25) is 0 Å². The van der Waals surface area contributed by atoms with Crippen molar-refractivity contribution in [2.45, 2.75) is 0 Å². The number of anilines is 1. The highest BCUT2D eigenvalue weighted by Gasteiger charge is 2.08. The van der Waals surface area contributed by atoms with Gasteiger partial charge in [0.05, 0.1) is 9.72 Å². The maximum atomic E-state index is 13.0. The standard InChI is InChI=1S/C7H4ClFN2S/c8-3-1-2-4(9)6-5(3)11-7(10)12-6/h1-2H,(H2,10,11). The van der Waals surface area contributed by atoms with Gasteiger partial charge in [-0.2, -0.15) is 0 Å². The van der Waals surface area contributed by atoms with E-state index in [0.29, 0.717) is 20.4 Å². The van der Waals surface area contributed by atoms with Crippen LogP contribution in [-0.2, 0) is 0 Å². The van der Waals surface area contributed by atoms with Gasteiger partial charge in [-0.25, -0.2) is 9.37 Å². The van der Waals surface area contributed by atoms with Crippen molar-refractivity contribution < 1.29 is 4.39 Å². The highest BCUT2D eigenvalue weighted by atomic mass is 35.5. The molecule has 0 fully saturated rings. The Morgan fingerprint density at radius 1 is 1.50 bits per heavy atom. The second-order valence-electron chi connectivity index (χ2n) is 2.26. The lowest BCUT2D eigenvalue weighted by atomic mass is 10.3. The third-order valence-electron chi connectivity index (χ3n) is 1.46. The van der Waals surface area contributed by atoms with Gasteiger partial charge in [0.1, 0.15) is 11.3 Å². The van der Waals surface area contributed by atoms with Crippen molar-refractivity contribution in [2.24, 2.45) is 0 Å². The van der Waals surface area contributed by atoms with Gasteiger partial charge < -0.3 is 5.73 Å². The first-order valence-corrected chi connectivity index (χ1v) is 4.38. The maximum absolute atomic E-state index is 13.0. The molecule has 0 atom stereocenters. The minimum Gasteiger partial charge on any atom is -0.375 e. The quantitative estimate of drug-likeness (QED) is 0.714. The fourth-order valence-corrected chi connectivity index (χ4v) is 1.98. The lowest BCUT2D eigenvalue weighted by molar-refractivity contribution is 0.641. The van der Waals surface area contributed by atoms with Crippen LogP contribution in [0.4, 0.5) is 9.52 Å². The van der Waals surface area contributed by atoms with Crippen LogP contribution in [0.2, 0.25) is 5.02 Å². The molecule has 0 spiro atoms. The Bertz CT molecular complexity index is 401. The van der Waals surface area contributed by atoms with Crippen LogP contribution in [0.25, 0.3) is 10.2 Å². The second-order valence-corrected chi connectivity index (χ2v) is 3.70. The van der Waals surface area contributed by atoms with Gasteiger partial charge in [0.15, 0.2) is 5.13 Å². The summed E-state index contributed by atoms with van der Waals surface area (Å²) in [5.41, 5.74) is 5.85. The van der Waals surface area contributed by atoms with Crippen LogP contribution >= 0.6 is 22.9 Å². The summed E-state index contributed by atoms with van der Waals surface area (Å²) in [5.74, 6) is -0.330. The van der Waals surface area contributed by atoms with Gasteiger partial charge in [-0.1, -0.05) is 22.9 Å². The van der Waals surface area contributed by atoms with Crippen molar-refractivity contribution >= 4 is 38.3 Å². The van der Waals surface area contributed by atoms with E-state index >= 15 is 0 Å². The molecule has 62 valence electrons. The number of hydrogen-bond donors (Lipinski definition) is 1. The third kappa shape index (κ3) is 1.04. The molecule has 1 heterocycles. The van der Waals surface area contributed by atoms with Crippen LogP contribution in [-0.4, -0.2) is 4.98 Å². The second kappa shape index (κ2) is 2.57. The number of nitrogen functional groups attached to an aromatic ring is 1. The molecule has 1 aromatic carbocycles. The normalized spacial score (nSPS) is 10.8. The van der Waals surface area contributed by atoms with E-state index in [2.05, 4.69) is 4.98 Å². The zero-order valence-corrected chi connectivity index (χ0v) is 7.42. The maximum Gasteiger partial charge on any atom is 0.181 e. The molecule has 0 unspecified atom stereocenters. The molecule has 0 amide bonds. The Morgan fingerprint density at radius 3 is 2.92 bits per heavy atom. The summed E-state index contributed by atoms with van der Waals surface area (Å²) in [6.45, 7) is 0. The summed E-state index contributed by atoms with van der Waals surface area (Å²) in [5, 5.41) is 0.761. The molecule has 0 aliphatic rings. The summed E-state index contributed by atoms with van der Waals surface area (Å²) >= 11 is 6.86. The molecular weight excluding hydrogens is 199 g/mol. The Balaban J connectivity index is 2.93. The van der Waals surface area contributed by atoms with E-state index in [1.54, 1.807) is 0 Å². The Labute approximate surface area is 76.8 Å². The molecule has 2 N–H and O–H groups in total. The molecule has 1 aromatic heterocycles. The number of hydrogen-bond acceptors (Lipinski definition) is 3. The predicted molar refractivity (Wildman–Crippen MR) is 49.0 cm³/mol. The molecule has 2 aromatic rings. The van der Waals surface area contributed by atoms with E-state index in [1.165, 1.54) is 12.1 Å². The summed E-state index contributed by atoms with van der Waals surface area (Å²) in [4.78, 5) is 3.90. The average molecular weight is 203 g/mol. The molecule has 0 saturated heterocycles. The fraction of sp³-hybridized carbons (Fsp3) is 0. The van der Waals surface area contributed by atoms with Crippen LogP contribution in [0.3, 0.4) is 0 Å². The van der Waals surface area contributed by atoms with Crippen LogP contribution < -0.4 is 5.73 Å². The third-order valence-corrected chi connectivity index (χ3v) is 2.66. The predicted octanol–water partition coefficient (Wildman–Crippen LogP) is 2.67. The minimum atomic E-state index is -0.330. The minimum absolute atomic E-state index is 0.330. The number of rotatable bonds is 0. The van der Waals surface area contributed by atoms with Crippen molar-refractivity contribution in [2.75, 3.05) is 5.73 Å². The van der Waals surface area contributed by atoms with E-state index < -0.39 is 0 Å². The van der Waals surface area contributed by atoms with Crippen molar-refractivity contribution in [3.63, 3.8) is 0 Å². The van der Waals surface area contributed by atoms with E-state index in [0.717, 1.165) is 11.3 Å². The van der Waals surface area contributed by atoms with E-state index in [9.17, 15) is 4.39 Å². The first-order valence-electron chi connectivity index (χ1n) is 3.18. The summed E-state index contributed by atoms with van der Waals surface area (Å²) in [6, 6.07) is 2.78. The number of benzene rings is 1. The Hall–Kier alpha value is -0.870. The number of fused-ring (bicyclic) bond motifs is 1. The van der Waals surface area contributed by atoms with Gasteiger partial charge in [-0.15, -0.1) is 0 Å². The van der Waals surface area contributed by atoms with Crippen LogP contribution in [0, 0.1) is 5.82 Å². The highest BCUT2D eigenvalue weighted by molar-refractivity contribution is 7.22. The van der Waals surface area contributed by atoms with Crippen LogP contribution in [0.1, 0.15) is 0 Å². The average Bonchev–Trinajstić information content (AvgIpc) is 2.41. The largest absolute Gasteiger partial charge is 0.375 e. The molecule has 0 saturated carbocycles. The van der Waals surface area contributed by atoms with E-state index in [4.69, 9.17) is 17.3 Å². The topological polar surface area (TPSA) is 38.9 Å². The molecule has 0 radical (unpaired) electrons. The summed E-state index contributed by atoms with van der Waals surface area (Å²) in [6.07, 6.45) is 0. The smallest absolute Gasteiger partial charge is 0.181 e. The highest BCUT2D eigenvalue weighted by Crippen LogP contribution is 2.31. The SMILES string of the molecule is Nc1nc2c(Cl)ccc(F)c2s1. The van der Waals surface area contributed by atoms with Gasteiger partial charge in [0.2, 0.25) is 0 Å². The molecule has 2 nitrogen and oxygen atoms in total. The molecule has 2 rings (SSSR count). The van der Waals surface area contributed by atoms with Crippen molar-refractivity contribution in [1.29, 1.82) is 0 Å². The number of nitrogens with two attached hydrogens (primary N) is 1. The van der Waals surface area contributed by atoms with Crippen molar-refractivity contribution in [1.82, 2.24) is 4.98 Å². The number of thiazole rings is 1. The van der Waals surface area contributed by atoms with Crippen molar-refractivity contribution in [3.05, 3.63) is 23.0 Å². The van der Waals surface area contributed by atoms with E-state index in [-0.39, 0.29) is 5.82 Å². The molecule has 12 heavy (non-hydrogen) atoms. The molecule has 5 heteroatoms. The van der Waals surface area contributed by atoms with Crippen LogP contribution in [0.15, 0.2) is 12.1 Å². The fourth-order valence-electron chi connectivity index (χ4n) is 0.961. The number of halogens is 2. The zero-order valence-electron chi connectivity index (χ0n) is 5.84. The summed E-state index contributed by atoms with van der Waals surface area (Å²) in [7, 11) is 0. The van der Waals surface area contributed by atoms with Gasteiger partial charge >= 0.3 is 0 Å². The van der Waals surface area contributed by atoms with Crippen molar-refractivity contribution in [3.8, 4) is 0 Å². The molecule has 0 aliphatic heterocycles. The Kier molecular flexibility index (Phi) is 1.66. The van der Waals surface area contributed by atoms with Crippen LogP contribution in [0.5, 0.6) is 0 Å². The number of nitrogens with zero attached hydrogens (tertiary/aromatic N) is 1. The molecular formula is C7H4ClFN2S. The number of aromatic nitrogens is 1. The zero-order chi connectivity index (χ0) is 8.72. The van der Waals surface area contributed by atoms with Gasteiger partial charge in [0.25, 0.3) is 0 Å². The molecule has 0 bridgehead atoms. The van der Waals surface area contributed by atoms with Gasteiger partial charge in [0, 0.05) is 0 Å². The first kappa shape index (κ1) is 7.76. The first-order chi connectivity index (χ1) is 5.68. The Morgan fingerprint density at radius 2 is 2.25 bits per heavy atom. The lowest BCUT2D eigenvalue weighted by Gasteiger charge is -1.91. The molecule has 0 aliphatic carbocycles. The lowest BCUT2D eigenvalue weighted by Crippen LogP contribution is -1.80.